The first kappa shape index (κ1) is 20.3. The van der Waals surface area contributed by atoms with E-state index in [9.17, 15) is 18.0 Å². The van der Waals surface area contributed by atoms with E-state index in [4.69, 9.17) is 4.74 Å². The molecule has 7 heteroatoms. The van der Waals surface area contributed by atoms with Crippen LogP contribution in [0, 0.1) is 18.8 Å². The molecule has 0 aliphatic rings. The Morgan fingerprint density at radius 3 is 2.12 bits per heavy atom. The molecule has 0 aliphatic heterocycles. The molecule has 0 aromatic heterocycles. The monoisotopic (exact) mass is 355 g/mol. The number of hydrogen-bond donors (Lipinski definition) is 1. The van der Waals surface area contributed by atoms with E-state index in [-0.39, 0.29) is 17.3 Å². The summed E-state index contributed by atoms with van der Waals surface area (Å²) in [5.74, 6) is -2.65. The fourth-order valence-corrected chi connectivity index (χ4v) is 3.51. The third-order valence-corrected chi connectivity index (χ3v) is 5.16. The van der Waals surface area contributed by atoms with Crippen LogP contribution in [0.25, 0.3) is 0 Å². The van der Waals surface area contributed by atoms with Gasteiger partial charge in [-0.3, -0.25) is 9.59 Å². The lowest BCUT2D eigenvalue weighted by Gasteiger charge is -2.23. The summed E-state index contributed by atoms with van der Waals surface area (Å²) in [6.07, 6.45) is 0. The van der Waals surface area contributed by atoms with Gasteiger partial charge < -0.3 is 4.74 Å². The molecule has 0 heterocycles. The highest BCUT2D eigenvalue weighted by Gasteiger charge is 2.36. The van der Waals surface area contributed by atoms with Gasteiger partial charge in [-0.25, -0.2) is 13.1 Å². The van der Waals surface area contributed by atoms with E-state index < -0.39 is 33.9 Å². The number of esters is 1. The van der Waals surface area contributed by atoms with Crippen molar-refractivity contribution in [1.29, 1.82) is 0 Å². The van der Waals surface area contributed by atoms with Crippen LogP contribution in [0.5, 0.6) is 0 Å². The van der Waals surface area contributed by atoms with Gasteiger partial charge in [0.2, 0.25) is 10.0 Å². The Kier molecular flexibility index (Phi) is 7.10. The van der Waals surface area contributed by atoms with Gasteiger partial charge in [0.1, 0.15) is 5.92 Å². The first-order chi connectivity index (χ1) is 11.1. The minimum Gasteiger partial charge on any atom is -0.465 e. The first-order valence-corrected chi connectivity index (χ1v) is 9.37. The summed E-state index contributed by atoms with van der Waals surface area (Å²) in [4.78, 5) is 24.5. The SMILES string of the molecule is CCOC(=O)C(C(=O)C(C)C)C(C)NS(=O)(=O)c1ccc(C)cc1. The quantitative estimate of drug-likeness (QED) is 0.569. The van der Waals surface area contributed by atoms with Gasteiger partial charge in [-0.15, -0.1) is 0 Å². The van der Waals surface area contributed by atoms with Gasteiger partial charge in [-0.2, -0.15) is 0 Å². The number of nitrogens with one attached hydrogen (secondary N) is 1. The molecule has 0 saturated carbocycles. The second-order valence-electron chi connectivity index (χ2n) is 6.01. The van der Waals surface area contributed by atoms with E-state index in [0.717, 1.165) is 5.56 Å². The van der Waals surface area contributed by atoms with Gasteiger partial charge >= 0.3 is 5.97 Å². The zero-order chi connectivity index (χ0) is 18.5. The van der Waals surface area contributed by atoms with Crippen LogP contribution in [0.4, 0.5) is 0 Å². The van der Waals surface area contributed by atoms with Crippen molar-refractivity contribution in [2.75, 3.05) is 6.61 Å². The predicted octanol–water partition coefficient (Wildman–Crippen LogP) is 2.07. The van der Waals surface area contributed by atoms with Crippen molar-refractivity contribution in [3.8, 4) is 0 Å². The summed E-state index contributed by atoms with van der Waals surface area (Å²) in [6, 6.07) is 5.41. The van der Waals surface area contributed by atoms with Crippen LogP contribution in [-0.4, -0.2) is 32.8 Å². The molecule has 0 fully saturated rings. The highest BCUT2D eigenvalue weighted by Crippen LogP contribution is 2.17. The van der Waals surface area contributed by atoms with Crippen molar-refractivity contribution in [1.82, 2.24) is 4.72 Å². The lowest BCUT2D eigenvalue weighted by molar-refractivity contribution is -0.153. The Morgan fingerprint density at radius 1 is 1.12 bits per heavy atom. The average Bonchev–Trinajstić information content (AvgIpc) is 2.47. The van der Waals surface area contributed by atoms with Crippen molar-refractivity contribution in [2.45, 2.75) is 45.6 Å². The molecule has 24 heavy (non-hydrogen) atoms. The van der Waals surface area contributed by atoms with Crippen LogP contribution in [0.2, 0.25) is 0 Å². The molecule has 0 aliphatic carbocycles. The molecule has 2 atom stereocenters. The van der Waals surface area contributed by atoms with E-state index in [2.05, 4.69) is 4.72 Å². The summed E-state index contributed by atoms with van der Waals surface area (Å²) in [7, 11) is -3.84. The standard InChI is InChI=1S/C17H25NO5S/c1-6-23-17(20)15(16(19)11(2)3)13(5)18-24(21,22)14-9-7-12(4)8-10-14/h7-11,13,15,18H,6H2,1-5H3. The van der Waals surface area contributed by atoms with Crippen LogP contribution >= 0.6 is 0 Å². The van der Waals surface area contributed by atoms with E-state index in [1.807, 2.05) is 6.92 Å². The van der Waals surface area contributed by atoms with Gasteiger partial charge in [-0.05, 0) is 32.9 Å². The van der Waals surface area contributed by atoms with Crippen molar-refractivity contribution < 1.29 is 22.7 Å². The van der Waals surface area contributed by atoms with E-state index in [1.165, 1.54) is 19.1 Å². The number of ketones is 1. The van der Waals surface area contributed by atoms with Crippen LogP contribution in [-0.2, 0) is 24.3 Å². The molecular formula is C17H25NO5S. The molecule has 2 unspecified atom stereocenters. The minimum atomic E-state index is -3.84. The van der Waals surface area contributed by atoms with E-state index in [0.29, 0.717) is 0 Å². The molecule has 1 aromatic carbocycles. The number of aryl methyl sites for hydroxylation is 1. The Labute approximate surface area is 143 Å². The van der Waals surface area contributed by atoms with Crippen LogP contribution in [0.1, 0.15) is 33.3 Å². The zero-order valence-corrected chi connectivity index (χ0v) is 15.5. The number of hydrogen-bond acceptors (Lipinski definition) is 5. The normalized spacial score (nSPS) is 14.2. The van der Waals surface area contributed by atoms with Crippen molar-refractivity contribution in [2.24, 2.45) is 11.8 Å². The maximum Gasteiger partial charge on any atom is 0.318 e. The molecule has 0 radical (unpaired) electrons. The molecule has 0 spiro atoms. The summed E-state index contributed by atoms with van der Waals surface area (Å²) in [5, 5.41) is 0. The summed E-state index contributed by atoms with van der Waals surface area (Å²) >= 11 is 0. The number of Topliss-reactive ketones (excluding diaryl/α,β-unsaturated/α-hetero) is 1. The van der Waals surface area contributed by atoms with Crippen LogP contribution in [0.15, 0.2) is 29.2 Å². The number of benzene rings is 1. The number of carbonyl (C=O) groups excluding carboxylic acids is 2. The zero-order valence-electron chi connectivity index (χ0n) is 14.7. The Hall–Kier alpha value is -1.73. The van der Waals surface area contributed by atoms with Gasteiger partial charge in [-0.1, -0.05) is 31.5 Å². The van der Waals surface area contributed by atoms with Gasteiger partial charge in [0, 0.05) is 12.0 Å². The topological polar surface area (TPSA) is 89.5 Å². The molecule has 0 amide bonds. The number of ether oxygens (including phenoxy) is 1. The molecule has 1 rings (SSSR count). The molecule has 134 valence electrons. The number of rotatable bonds is 8. The minimum absolute atomic E-state index is 0.0829. The molecule has 0 bridgehead atoms. The predicted molar refractivity (Wildman–Crippen MR) is 90.9 cm³/mol. The summed E-state index contributed by atoms with van der Waals surface area (Å²) in [6.45, 7) is 8.43. The Morgan fingerprint density at radius 2 is 1.67 bits per heavy atom. The number of carbonyl (C=O) groups is 2. The van der Waals surface area contributed by atoms with Crippen molar-refractivity contribution >= 4 is 21.8 Å². The van der Waals surface area contributed by atoms with Crippen molar-refractivity contribution in [3.05, 3.63) is 29.8 Å². The average molecular weight is 355 g/mol. The molecule has 1 N–H and O–H groups in total. The van der Waals surface area contributed by atoms with Gasteiger partial charge in [0.05, 0.1) is 11.5 Å². The molecule has 6 nitrogen and oxygen atoms in total. The third kappa shape index (κ3) is 5.14. The van der Waals surface area contributed by atoms with Crippen LogP contribution < -0.4 is 4.72 Å². The van der Waals surface area contributed by atoms with Gasteiger partial charge in [0.25, 0.3) is 0 Å². The second kappa shape index (κ2) is 8.39. The molecule has 0 saturated heterocycles. The van der Waals surface area contributed by atoms with Crippen LogP contribution in [0.3, 0.4) is 0 Å². The maximum atomic E-state index is 12.5. The maximum absolute atomic E-state index is 12.5. The Balaban J connectivity index is 3.06. The molecular weight excluding hydrogens is 330 g/mol. The summed E-state index contributed by atoms with van der Waals surface area (Å²) in [5.41, 5.74) is 0.932. The largest absolute Gasteiger partial charge is 0.465 e. The fourth-order valence-electron chi connectivity index (χ4n) is 2.26. The smallest absolute Gasteiger partial charge is 0.318 e. The van der Waals surface area contributed by atoms with Gasteiger partial charge in [0.15, 0.2) is 5.78 Å². The van der Waals surface area contributed by atoms with E-state index in [1.54, 1.807) is 32.9 Å². The second-order valence-corrected chi connectivity index (χ2v) is 7.72. The third-order valence-electron chi connectivity index (χ3n) is 3.59. The first-order valence-electron chi connectivity index (χ1n) is 7.89. The Bertz CT molecular complexity index is 679. The number of sulfonamides is 1. The molecule has 1 aromatic rings. The summed E-state index contributed by atoms with van der Waals surface area (Å²) < 4.78 is 32.3. The highest BCUT2D eigenvalue weighted by molar-refractivity contribution is 7.89. The fraction of sp³-hybridized carbons (Fsp3) is 0.529. The highest BCUT2D eigenvalue weighted by atomic mass is 32.2. The van der Waals surface area contributed by atoms with Crippen molar-refractivity contribution in [3.63, 3.8) is 0 Å². The lowest BCUT2D eigenvalue weighted by atomic mass is 9.90. The van der Waals surface area contributed by atoms with E-state index >= 15 is 0 Å². The lowest BCUT2D eigenvalue weighted by Crippen LogP contribution is -2.46.